The minimum Gasteiger partial charge on any atom is -0.389 e. The van der Waals surface area contributed by atoms with Crippen LogP contribution in [0.25, 0.3) is 0 Å². The van der Waals surface area contributed by atoms with Crippen molar-refractivity contribution >= 4 is 17.5 Å². The Morgan fingerprint density at radius 3 is 3.04 bits per heavy atom. The van der Waals surface area contributed by atoms with E-state index in [-0.39, 0.29) is 23.7 Å². The van der Waals surface area contributed by atoms with E-state index in [2.05, 4.69) is 15.4 Å². The highest BCUT2D eigenvalue weighted by atomic mass is 35.5. The fraction of sp³-hybridized carbons (Fsp3) is 0.533. The summed E-state index contributed by atoms with van der Waals surface area (Å²) in [7, 11) is 0. The summed E-state index contributed by atoms with van der Waals surface area (Å²) >= 11 is 6.09. The molecule has 3 atom stereocenters. The van der Waals surface area contributed by atoms with Gasteiger partial charge in [-0.1, -0.05) is 18.5 Å². The number of aryl methyl sites for hydroxylation is 1. The highest BCUT2D eigenvalue weighted by Gasteiger charge is 2.37. The predicted octanol–water partition coefficient (Wildman–Crippen LogP) is 1.64. The van der Waals surface area contributed by atoms with Gasteiger partial charge in [-0.3, -0.25) is 9.48 Å². The molecule has 0 bridgehead atoms. The molecule has 7 nitrogen and oxygen atoms in total. The summed E-state index contributed by atoms with van der Waals surface area (Å²) < 4.78 is 3.54. The van der Waals surface area contributed by atoms with Crippen LogP contribution in [0.15, 0.2) is 24.9 Å². The Labute approximate surface area is 139 Å². The molecule has 1 amide bonds. The lowest BCUT2D eigenvalue weighted by Crippen LogP contribution is -2.42. The molecule has 1 saturated carbocycles. The molecule has 23 heavy (non-hydrogen) atoms. The Morgan fingerprint density at radius 2 is 2.35 bits per heavy atom. The predicted molar refractivity (Wildman–Crippen MR) is 85.3 cm³/mol. The van der Waals surface area contributed by atoms with E-state index in [0.717, 1.165) is 12.8 Å². The van der Waals surface area contributed by atoms with Gasteiger partial charge in [-0.25, -0.2) is 4.98 Å². The van der Waals surface area contributed by atoms with Crippen LogP contribution in [0.5, 0.6) is 0 Å². The molecule has 0 aliphatic heterocycles. The van der Waals surface area contributed by atoms with Gasteiger partial charge in [0, 0.05) is 25.1 Å². The molecule has 1 fully saturated rings. The van der Waals surface area contributed by atoms with E-state index in [4.69, 9.17) is 11.6 Å². The van der Waals surface area contributed by atoms with Gasteiger partial charge in [0.1, 0.15) is 0 Å². The van der Waals surface area contributed by atoms with Crippen molar-refractivity contribution in [1.29, 1.82) is 0 Å². The summed E-state index contributed by atoms with van der Waals surface area (Å²) in [6, 6.07) is -0.391. The van der Waals surface area contributed by atoms with Gasteiger partial charge in [-0.05, 0) is 19.3 Å². The zero-order chi connectivity index (χ0) is 16.4. The van der Waals surface area contributed by atoms with Crippen molar-refractivity contribution < 1.29 is 9.90 Å². The van der Waals surface area contributed by atoms with Crippen molar-refractivity contribution in [2.75, 3.05) is 0 Å². The first kappa shape index (κ1) is 16.0. The van der Waals surface area contributed by atoms with Gasteiger partial charge in [-0.15, -0.1) is 0 Å². The number of halogens is 1. The number of rotatable bonds is 5. The topological polar surface area (TPSA) is 85.0 Å². The summed E-state index contributed by atoms with van der Waals surface area (Å²) in [6.07, 6.45) is 8.56. The van der Waals surface area contributed by atoms with E-state index in [1.807, 2.05) is 17.7 Å². The van der Waals surface area contributed by atoms with Crippen LogP contribution in [0.3, 0.4) is 0 Å². The lowest BCUT2D eigenvalue weighted by molar-refractivity contribution is 0.0809. The molecule has 0 aromatic carbocycles. The number of carbonyl (C=O) groups is 1. The average molecular weight is 338 g/mol. The van der Waals surface area contributed by atoms with Gasteiger partial charge in [-0.2, -0.15) is 5.10 Å². The van der Waals surface area contributed by atoms with Crippen molar-refractivity contribution in [1.82, 2.24) is 24.6 Å². The van der Waals surface area contributed by atoms with Crippen LogP contribution in [0.2, 0.25) is 5.02 Å². The first-order chi connectivity index (χ1) is 11.1. The maximum atomic E-state index is 12.4. The second-order valence-electron chi connectivity index (χ2n) is 5.81. The van der Waals surface area contributed by atoms with Crippen molar-refractivity contribution in [2.24, 2.45) is 0 Å². The molecule has 1 aliphatic carbocycles. The number of aliphatic hydroxyl groups is 1. The van der Waals surface area contributed by atoms with Crippen LogP contribution >= 0.6 is 11.6 Å². The average Bonchev–Trinajstić information content (AvgIpc) is 3.22. The summed E-state index contributed by atoms with van der Waals surface area (Å²) in [5.74, 6) is -0.347. The fourth-order valence-corrected chi connectivity index (χ4v) is 3.28. The zero-order valence-corrected chi connectivity index (χ0v) is 13.6. The van der Waals surface area contributed by atoms with Crippen molar-refractivity contribution in [3.05, 3.63) is 35.6 Å². The number of amides is 1. The highest BCUT2D eigenvalue weighted by Crippen LogP contribution is 2.30. The van der Waals surface area contributed by atoms with Crippen LogP contribution in [0.4, 0.5) is 0 Å². The van der Waals surface area contributed by atoms with Gasteiger partial charge in [0.25, 0.3) is 5.91 Å². The highest BCUT2D eigenvalue weighted by molar-refractivity contribution is 6.33. The van der Waals surface area contributed by atoms with Gasteiger partial charge >= 0.3 is 0 Å². The third-order valence-electron chi connectivity index (χ3n) is 4.19. The molecule has 0 spiro atoms. The maximum Gasteiger partial charge on any atom is 0.273 e. The number of aromatic nitrogens is 4. The molecule has 2 heterocycles. The van der Waals surface area contributed by atoms with Crippen LogP contribution in [-0.4, -0.2) is 42.5 Å². The molecule has 124 valence electrons. The Balaban J connectivity index is 1.66. The number of hydrogen-bond acceptors (Lipinski definition) is 4. The molecule has 2 aromatic heterocycles. The Hall–Kier alpha value is -1.86. The second kappa shape index (κ2) is 6.72. The molecule has 2 N–H and O–H groups in total. The molecular formula is C15H20ClN5O2. The third kappa shape index (κ3) is 3.25. The molecule has 0 unspecified atom stereocenters. The lowest BCUT2D eigenvalue weighted by Gasteiger charge is -2.21. The Kier molecular flexibility index (Phi) is 4.68. The lowest BCUT2D eigenvalue weighted by atomic mass is 10.1. The molecule has 3 rings (SSSR count). The smallest absolute Gasteiger partial charge is 0.273 e. The second-order valence-corrected chi connectivity index (χ2v) is 6.22. The monoisotopic (exact) mass is 337 g/mol. The standard InChI is InChI=1S/C15H20ClN5O2/c1-2-6-21-8-10(16)13(19-21)15(23)18-11-3-4-12(14(11)22)20-7-5-17-9-20/h5,7-9,11-12,14,22H,2-4,6H2,1H3,(H,18,23)/t11-,12-,14-/m1/s1. The number of imidazole rings is 1. The summed E-state index contributed by atoms with van der Waals surface area (Å²) in [4.78, 5) is 16.4. The number of nitrogens with zero attached hydrogens (tertiary/aromatic N) is 4. The van der Waals surface area contributed by atoms with Gasteiger partial charge in [0.15, 0.2) is 5.69 Å². The normalized spacial score (nSPS) is 24.0. The van der Waals surface area contributed by atoms with E-state index in [1.165, 1.54) is 0 Å². The molecule has 0 saturated heterocycles. The zero-order valence-electron chi connectivity index (χ0n) is 12.9. The Bertz CT molecular complexity index is 669. The first-order valence-corrected chi connectivity index (χ1v) is 8.17. The van der Waals surface area contributed by atoms with Crippen LogP contribution in [0, 0.1) is 0 Å². The Morgan fingerprint density at radius 1 is 1.52 bits per heavy atom. The molecule has 8 heteroatoms. The van der Waals surface area contributed by atoms with Gasteiger partial charge in [0.2, 0.25) is 0 Å². The van der Waals surface area contributed by atoms with E-state index >= 15 is 0 Å². The number of nitrogens with one attached hydrogen (secondary N) is 1. The maximum absolute atomic E-state index is 12.4. The van der Waals surface area contributed by atoms with Crippen molar-refractivity contribution in [2.45, 2.75) is 50.9 Å². The summed E-state index contributed by atoms with van der Waals surface area (Å²) in [5, 5.41) is 17.8. The number of hydrogen-bond donors (Lipinski definition) is 2. The molecular weight excluding hydrogens is 318 g/mol. The minimum absolute atomic E-state index is 0.0732. The summed E-state index contributed by atoms with van der Waals surface area (Å²) in [5.41, 5.74) is 0.207. The number of carbonyl (C=O) groups excluding carboxylic acids is 1. The van der Waals surface area contributed by atoms with Crippen LogP contribution in [0.1, 0.15) is 42.7 Å². The third-order valence-corrected chi connectivity index (χ3v) is 4.47. The molecule has 0 radical (unpaired) electrons. The van der Waals surface area contributed by atoms with E-state index < -0.39 is 6.10 Å². The van der Waals surface area contributed by atoms with Crippen molar-refractivity contribution in [3.8, 4) is 0 Å². The quantitative estimate of drug-likeness (QED) is 0.868. The first-order valence-electron chi connectivity index (χ1n) is 7.79. The largest absolute Gasteiger partial charge is 0.389 e. The van der Waals surface area contributed by atoms with E-state index in [1.54, 1.807) is 23.4 Å². The van der Waals surface area contributed by atoms with Gasteiger partial charge < -0.3 is 15.0 Å². The fourth-order valence-electron chi connectivity index (χ4n) is 3.04. The van der Waals surface area contributed by atoms with Crippen molar-refractivity contribution in [3.63, 3.8) is 0 Å². The SMILES string of the molecule is CCCn1cc(Cl)c(C(=O)N[C@@H]2CC[C@@H](n3ccnc3)[C@@H]2O)n1. The van der Waals surface area contributed by atoms with Crippen LogP contribution < -0.4 is 5.32 Å². The van der Waals surface area contributed by atoms with E-state index in [9.17, 15) is 9.90 Å². The number of aliphatic hydroxyl groups excluding tert-OH is 1. The van der Waals surface area contributed by atoms with E-state index in [0.29, 0.717) is 18.0 Å². The van der Waals surface area contributed by atoms with Gasteiger partial charge in [0.05, 0.1) is 29.5 Å². The summed E-state index contributed by atoms with van der Waals surface area (Å²) in [6.45, 7) is 2.74. The minimum atomic E-state index is -0.662. The molecule has 2 aromatic rings. The molecule has 1 aliphatic rings. The van der Waals surface area contributed by atoms with Crippen LogP contribution in [-0.2, 0) is 6.54 Å².